The van der Waals surface area contributed by atoms with Gasteiger partial charge in [-0.3, -0.25) is 4.79 Å². The van der Waals surface area contributed by atoms with Gasteiger partial charge in [-0.1, -0.05) is 60.2 Å². The Hall–Kier alpha value is -2.13. The normalized spacial score (nSPS) is 12.0. The standard InChI is InChI=1S/C18H21NO2/c1-14-7-9-16(10-8-14)13-19-17(12-18(20)21)11-15-5-3-2-4-6-15/h2-10,17,19H,11-13H2,1H3,(H,20,21). The third-order valence-corrected chi connectivity index (χ3v) is 3.46. The quantitative estimate of drug-likeness (QED) is 0.820. The number of benzene rings is 2. The molecule has 0 aliphatic rings. The Bertz CT molecular complexity index is 564. The zero-order valence-electron chi connectivity index (χ0n) is 12.3. The number of hydrogen-bond acceptors (Lipinski definition) is 2. The summed E-state index contributed by atoms with van der Waals surface area (Å²) in [6.45, 7) is 2.74. The van der Waals surface area contributed by atoms with Crippen molar-refractivity contribution in [2.24, 2.45) is 0 Å². The monoisotopic (exact) mass is 283 g/mol. The molecule has 3 nitrogen and oxygen atoms in total. The summed E-state index contributed by atoms with van der Waals surface area (Å²) in [5.74, 6) is -0.771. The summed E-state index contributed by atoms with van der Waals surface area (Å²) in [4.78, 5) is 11.0. The minimum absolute atomic E-state index is 0.0637. The molecular weight excluding hydrogens is 262 g/mol. The van der Waals surface area contributed by atoms with Gasteiger partial charge >= 0.3 is 5.97 Å². The van der Waals surface area contributed by atoms with Crippen LogP contribution in [-0.4, -0.2) is 17.1 Å². The molecule has 2 rings (SSSR count). The molecule has 0 aliphatic heterocycles. The Morgan fingerprint density at radius 3 is 2.33 bits per heavy atom. The van der Waals surface area contributed by atoms with E-state index in [0.717, 1.165) is 12.0 Å². The molecule has 0 aliphatic carbocycles. The van der Waals surface area contributed by atoms with Gasteiger partial charge in [0.15, 0.2) is 0 Å². The van der Waals surface area contributed by atoms with Crippen molar-refractivity contribution in [1.29, 1.82) is 0 Å². The third-order valence-electron chi connectivity index (χ3n) is 3.46. The number of aryl methyl sites for hydroxylation is 1. The maximum atomic E-state index is 11.0. The van der Waals surface area contributed by atoms with Crippen molar-refractivity contribution in [1.82, 2.24) is 5.32 Å². The molecule has 1 unspecified atom stereocenters. The molecule has 3 heteroatoms. The number of rotatable bonds is 7. The van der Waals surface area contributed by atoms with Crippen molar-refractivity contribution in [2.45, 2.75) is 32.4 Å². The second kappa shape index (κ2) is 7.60. The Morgan fingerprint density at radius 2 is 1.71 bits per heavy atom. The molecule has 0 aromatic heterocycles. The van der Waals surface area contributed by atoms with Crippen LogP contribution in [0.4, 0.5) is 0 Å². The van der Waals surface area contributed by atoms with Gasteiger partial charge in [0, 0.05) is 12.6 Å². The zero-order chi connectivity index (χ0) is 15.1. The molecular formula is C18H21NO2. The van der Waals surface area contributed by atoms with Crippen LogP contribution in [0.3, 0.4) is 0 Å². The second-order valence-electron chi connectivity index (χ2n) is 5.35. The highest BCUT2D eigenvalue weighted by Gasteiger charge is 2.13. The summed E-state index contributed by atoms with van der Waals surface area (Å²) in [5, 5.41) is 12.4. The Kier molecular flexibility index (Phi) is 5.52. The molecule has 0 radical (unpaired) electrons. The Morgan fingerprint density at radius 1 is 1.05 bits per heavy atom. The van der Waals surface area contributed by atoms with E-state index in [1.165, 1.54) is 11.1 Å². The summed E-state index contributed by atoms with van der Waals surface area (Å²) in [5.41, 5.74) is 3.55. The molecule has 0 saturated heterocycles. The van der Waals surface area contributed by atoms with Crippen molar-refractivity contribution in [3.05, 3.63) is 71.3 Å². The number of carbonyl (C=O) groups is 1. The lowest BCUT2D eigenvalue weighted by Gasteiger charge is -2.17. The molecule has 0 fully saturated rings. The molecule has 2 aromatic rings. The molecule has 0 saturated carbocycles. The first-order chi connectivity index (χ1) is 10.1. The lowest BCUT2D eigenvalue weighted by atomic mass is 10.0. The molecule has 21 heavy (non-hydrogen) atoms. The molecule has 0 heterocycles. The van der Waals surface area contributed by atoms with Crippen molar-refractivity contribution in [3.63, 3.8) is 0 Å². The van der Waals surface area contributed by atoms with Crippen molar-refractivity contribution in [3.8, 4) is 0 Å². The smallest absolute Gasteiger partial charge is 0.304 e. The van der Waals surface area contributed by atoms with Gasteiger partial charge in [-0.05, 0) is 24.5 Å². The van der Waals surface area contributed by atoms with Crippen LogP contribution >= 0.6 is 0 Å². The van der Waals surface area contributed by atoms with Crippen LogP contribution in [0.25, 0.3) is 0 Å². The molecule has 0 amide bonds. The van der Waals surface area contributed by atoms with E-state index < -0.39 is 5.97 Å². The number of carboxylic acid groups (broad SMARTS) is 1. The van der Waals surface area contributed by atoms with Gasteiger partial charge in [-0.25, -0.2) is 0 Å². The van der Waals surface area contributed by atoms with Crippen LogP contribution in [-0.2, 0) is 17.8 Å². The van der Waals surface area contributed by atoms with Crippen LogP contribution < -0.4 is 5.32 Å². The minimum atomic E-state index is -0.771. The van der Waals surface area contributed by atoms with Gasteiger partial charge in [-0.2, -0.15) is 0 Å². The minimum Gasteiger partial charge on any atom is -0.481 e. The summed E-state index contributed by atoms with van der Waals surface area (Å²) in [6.07, 6.45) is 0.847. The van der Waals surface area contributed by atoms with Crippen LogP contribution in [0, 0.1) is 6.92 Å². The maximum absolute atomic E-state index is 11.0. The summed E-state index contributed by atoms with van der Waals surface area (Å²) < 4.78 is 0. The predicted octanol–water partition coefficient (Wildman–Crippen LogP) is 3.17. The number of hydrogen-bond donors (Lipinski definition) is 2. The average molecular weight is 283 g/mol. The van der Waals surface area contributed by atoms with Crippen LogP contribution in [0.5, 0.6) is 0 Å². The molecule has 2 N–H and O–H groups in total. The molecule has 1 atom stereocenters. The summed E-state index contributed by atoms with van der Waals surface area (Å²) >= 11 is 0. The molecule has 2 aromatic carbocycles. The lowest BCUT2D eigenvalue weighted by molar-refractivity contribution is -0.137. The Labute approximate surface area is 125 Å². The van der Waals surface area contributed by atoms with Gasteiger partial charge < -0.3 is 10.4 Å². The van der Waals surface area contributed by atoms with Crippen molar-refractivity contribution in [2.75, 3.05) is 0 Å². The van der Waals surface area contributed by atoms with E-state index in [0.29, 0.717) is 6.54 Å². The first-order valence-corrected chi connectivity index (χ1v) is 7.18. The predicted molar refractivity (Wildman–Crippen MR) is 84.2 cm³/mol. The average Bonchev–Trinajstić information content (AvgIpc) is 2.47. The highest BCUT2D eigenvalue weighted by molar-refractivity contribution is 5.67. The Balaban J connectivity index is 1.96. The summed E-state index contributed by atoms with van der Waals surface area (Å²) in [7, 11) is 0. The first-order valence-electron chi connectivity index (χ1n) is 7.18. The van der Waals surface area contributed by atoms with Gasteiger partial charge in [-0.15, -0.1) is 0 Å². The fourth-order valence-corrected chi connectivity index (χ4v) is 2.29. The first kappa shape index (κ1) is 15.3. The number of aliphatic carboxylic acids is 1. The molecule has 110 valence electrons. The van der Waals surface area contributed by atoms with E-state index in [1.807, 2.05) is 30.3 Å². The van der Waals surface area contributed by atoms with E-state index in [2.05, 4.69) is 36.5 Å². The van der Waals surface area contributed by atoms with Gasteiger partial charge in [0.2, 0.25) is 0 Å². The largest absolute Gasteiger partial charge is 0.481 e. The fourth-order valence-electron chi connectivity index (χ4n) is 2.29. The summed E-state index contributed by atoms with van der Waals surface area (Å²) in [6, 6.07) is 18.2. The van der Waals surface area contributed by atoms with E-state index in [1.54, 1.807) is 0 Å². The fraction of sp³-hybridized carbons (Fsp3) is 0.278. The van der Waals surface area contributed by atoms with E-state index in [-0.39, 0.29) is 12.5 Å². The van der Waals surface area contributed by atoms with Gasteiger partial charge in [0.25, 0.3) is 0 Å². The van der Waals surface area contributed by atoms with Crippen LogP contribution in [0.1, 0.15) is 23.1 Å². The van der Waals surface area contributed by atoms with Gasteiger partial charge in [0.1, 0.15) is 0 Å². The SMILES string of the molecule is Cc1ccc(CNC(CC(=O)O)Cc2ccccc2)cc1. The van der Waals surface area contributed by atoms with E-state index in [4.69, 9.17) is 5.11 Å². The highest BCUT2D eigenvalue weighted by atomic mass is 16.4. The van der Waals surface area contributed by atoms with Crippen molar-refractivity contribution < 1.29 is 9.90 Å². The number of carboxylic acids is 1. The molecule has 0 bridgehead atoms. The molecule has 0 spiro atoms. The maximum Gasteiger partial charge on any atom is 0.304 e. The highest BCUT2D eigenvalue weighted by Crippen LogP contribution is 2.08. The third kappa shape index (κ3) is 5.40. The lowest BCUT2D eigenvalue weighted by Crippen LogP contribution is -2.33. The number of nitrogens with one attached hydrogen (secondary N) is 1. The topological polar surface area (TPSA) is 49.3 Å². The zero-order valence-corrected chi connectivity index (χ0v) is 12.3. The van der Waals surface area contributed by atoms with E-state index >= 15 is 0 Å². The van der Waals surface area contributed by atoms with Gasteiger partial charge in [0.05, 0.1) is 6.42 Å². The van der Waals surface area contributed by atoms with Crippen LogP contribution in [0.2, 0.25) is 0 Å². The second-order valence-corrected chi connectivity index (χ2v) is 5.35. The van der Waals surface area contributed by atoms with Crippen LogP contribution in [0.15, 0.2) is 54.6 Å². The van der Waals surface area contributed by atoms with Crippen molar-refractivity contribution >= 4 is 5.97 Å². The van der Waals surface area contributed by atoms with E-state index in [9.17, 15) is 4.79 Å².